The molecule has 24 heavy (non-hydrogen) atoms. The van der Waals surface area contributed by atoms with Crippen LogP contribution in [0.25, 0.3) is 0 Å². The van der Waals surface area contributed by atoms with Gasteiger partial charge in [-0.05, 0) is 54.4 Å². The minimum atomic E-state index is -0.584. The SMILES string of the molecule is CC(C)(C)OC(=O)N(Cc1cnn(C(=O)OC(C)(C)C)c1)C1CC1. The van der Waals surface area contributed by atoms with Gasteiger partial charge >= 0.3 is 12.2 Å². The van der Waals surface area contributed by atoms with E-state index in [4.69, 9.17) is 9.47 Å². The number of rotatable bonds is 3. The predicted octanol–water partition coefficient (Wildman–Crippen LogP) is 3.57. The van der Waals surface area contributed by atoms with Crippen molar-refractivity contribution in [1.29, 1.82) is 0 Å². The summed E-state index contributed by atoms with van der Waals surface area (Å²) < 4.78 is 11.9. The number of carbonyl (C=O) groups is 2. The molecule has 0 radical (unpaired) electrons. The molecule has 0 spiro atoms. The lowest BCUT2D eigenvalue weighted by molar-refractivity contribution is 0.0216. The van der Waals surface area contributed by atoms with E-state index in [1.807, 2.05) is 20.8 Å². The molecular weight excluding hydrogens is 310 g/mol. The van der Waals surface area contributed by atoms with Gasteiger partial charge in [-0.3, -0.25) is 0 Å². The average molecular weight is 337 g/mol. The standard InChI is InChI=1S/C17H27N3O4/c1-16(2,3)23-14(21)19(13-7-8-13)10-12-9-18-20(11-12)15(22)24-17(4,5)6/h9,11,13H,7-8,10H2,1-6H3. The van der Waals surface area contributed by atoms with Crippen LogP contribution >= 0.6 is 0 Å². The fourth-order valence-electron chi connectivity index (χ4n) is 2.10. The minimum Gasteiger partial charge on any atom is -0.444 e. The van der Waals surface area contributed by atoms with Gasteiger partial charge in [-0.2, -0.15) is 9.78 Å². The molecule has 0 unspecified atom stereocenters. The number of ether oxygens (including phenoxy) is 2. The zero-order chi connectivity index (χ0) is 18.1. The molecule has 0 saturated heterocycles. The van der Waals surface area contributed by atoms with Crippen molar-refractivity contribution in [2.24, 2.45) is 0 Å². The molecule has 1 aromatic rings. The van der Waals surface area contributed by atoms with Crippen molar-refractivity contribution in [2.75, 3.05) is 0 Å². The molecule has 1 aliphatic carbocycles. The van der Waals surface area contributed by atoms with Crippen molar-refractivity contribution in [3.05, 3.63) is 18.0 Å². The zero-order valence-corrected chi connectivity index (χ0v) is 15.3. The van der Waals surface area contributed by atoms with Gasteiger partial charge in [0.1, 0.15) is 11.2 Å². The summed E-state index contributed by atoms with van der Waals surface area (Å²) in [5, 5.41) is 4.03. The van der Waals surface area contributed by atoms with E-state index in [1.54, 1.807) is 38.1 Å². The number of nitrogens with zero attached hydrogens (tertiary/aromatic N) is 3. The third-order valence-electron chi connectivity index (χ3n) is 3.19. The normalized spacial score (nSPS) is 15.1. The van der Waals surface area contributed by atoms with Crippen LogP contribution in [-0.2, 0) is 16.0 Å². The number of amides is 1. The van der Waals surface area contributed by atoms with Crippen molar-refractivity contribution >= 4 is 12.2 Å². The Bertz CT molecular complexity index is 606. The van der Waals surface area contributed by atoms with Gasteiger partial charge < -0.3 is 14.4 Å². The molecule has 1 fully saturated rings. The first-order valence-corrected chi connectivity index (χ1v) is 8.21. The maximum absolute atomic E-state index is 12.4. The van der Waals surface area contributed by atoms with Gasteiger partial charge in [0.2, 0.25) is 0 Å². The maximum atomic E-state index is 12.4. The van der Waals surface area contributed by atoms with E-state index < -0.39 is 17.3 Å². The smallest absolute Gasteiger partial charge is 0.435 e. The maximum Gasteiger partial charge on any atom is 0.435 e. The molecule has 0 atom stereocenters. The first-order valence-electron chi connectivity index (χ1n) is 8.21. The summed E-state index contributed by atoms with van der Waals surface area (Å²) in [7, 11) is 0. The Labute approximate surface area is 142 Å². The largest absolute Gasteiger partial charge is 0.444 e. The first-order chi connectivity index (χ1) is 10.9. The van der Waals surface area contributed by atoms with Crippen LogP contribution in [0.4, 0.5) is 9.59 Å². The van der Waals surface area contributed by atoms with E-state index in [1.165, 1.54) is 0 Å². The van der Waals surface area contributed by atoms with E-state index in [-0.39, 0.29) is 12.1 Å². The molecular formula is C17H27N3O4. The Balaban J connectivity index is 2.03. The molecule has 1 saturated carbocycles. The highest BCUT2D eigenvalue weighted by Gasteiger charge is 2.35. The second kappa shape index (κ2) is 6.45. The Morgan fingerprint density at radius 2 is 1.75 bits per heavy atom. The van der Waals surface area contributed by atoms with Gasteiger partial charge in [0.15, 0.2) is 0 Å². The van der Waals surface area contributed by atoms with Crippen molar-refractivity contribution in [3.8, 4) is 0 Å². The van der Waals surface area contributed by atoms with Gasteiger partial charge in [-0.15, -0.1) is 0 Å². The van der Waals surface area contributed by atoms with Crippen LogP contribution in [0.1, 0.15) is 59.9 Å². The Hall–Kier alpha value is -2.05. The number of hydrogen-bond acceptors (Lipinski definition) is 5. The van der Waals surface area contributed by atoms with Crippen LogP contribution < -0.4 is 0 Å². The summed E-state index contributed by atoms with van der Waals surface area (Å²) in [6.45, 7) is 11.3. The summed E-state index contributed by atoms with van der Waals surface area (Å²) in [6.07, 6.45) is 4.23. The highest BCUT2D eigenvalue weighted by atomic mass is 16.6. The highest BCUT2D eigenvalue weighted by molar-refractivity contribution is 5.70. The minimum absolute atomic E-state index is 0.199. The van der Waals surface area contributed by atoms with Crippen LogP contribution in [0.3, 0.4) is 0 Å². The molecule has 1 heterocycles. The monoisotopic (exact) mass is 337 g/mol. The molecule has 1 aromatic heterocycles. The van der Waals surface area contributed by atoms with Gasteiger partial charge in [-0.25, -0.2) is 9.59 Å². The highest BCUT2D eigenvalue weighted by Crippen LogP contribution is 2.29. The lowest BCUT2D eigenvalue weighted by Gasteiger charge is -2.27. The van der Waals surface area contributed by atoms with Crippen LogP contribution in [0.2, 0.25) is 0 Å². The number of carbonyl (C=O) groups excluding carboxylic acids is 2. The molecule has 7 nitrogen and oxygen atoms in total. The molecule has 1 amide bonds. The van der Waals surface area contributed by atoms with Gasteiger partial charge in [0.05, 0.1) is 12.7 Å². The second-order valence-electron chi connectivity index (χ2n) is 8.11. The lowest BCUT2D eigenvalue weighted by Crippen LogP contribution is -2.37. The Morgan fingerprint density at radius 1 is 1.17 bits per heavy atom. The summed E-state index contributed by atoms with van der Waals surface area (Å²) in [4.78, 5) is 26.1. The van der Waals surface area contributed by atoms with Crippen molar-refractivity contribution in [3.63, 3.8) is 0 Å². The van der Waals surface area contributed by atoms with E-state index in [0.29, 0.717) is 6.54 Å². The first kappa shape index (κ1) is 18.3. The predicted molar refractivity (Wildman–Crippen MR) is 88.7 cm³/mol. The second-order valence-corrected chi connectivity index (χ2v) is 8.11. The van der Waals surface area contributed by atoms with Crippen LogP contribution in [-0.4, -0.2) is 44.1 Å². The summed E-state index contributed by atoms with van der Waals surface area (Å²) in [5.41, 5.74) is -0.358. The molecule has 0 aromatic carbocycles. The fraction of sp³-hybridized carbons (Fsp3) is 0.706. The molecule has 134 valence electrons. The topological polar surface area (TPSA) is 73.7 Å². The average Bonchev–Trinajstić information content (AvgIpc) is 3.10. The van der Waals surface area contributed by atoms with E-state index in [2.05, 4.69) is 5.10 Å². The van der Waals surface area contributed by atoms with Crippen LogP contribution in [0.5, 0.6) is 0 Å². The lowest BCUT2D eigenvalue weighted by atomic mass is 10.2. The Kier molecular flexibility index (Phi) is 4.92. The molecule has 1 aliphatic rings. The summed E-state index contributed by atoms with van der Waals surface area (Å²) >= 11 is 0. The van der Waals surface area contributed by atoms with Crippen molar-refractivity contribution in [2.45, 2.75) is 78.2 Å². The quantitative estimate of drug-likeness (QED) is 0.843. The third-order valence-corrected chi connectivity index (χ3v) is 3.19. The zero-order valence-electron chi connectivity index (χ0n) is 15.3. The van der Waals surface area contributed by atoms with Crippen molar-refractivity contribution < 1.29 is 19.1 Å². The molecule has 0 bridgehead atoms. The fourth-order valence-corrected chi connectivity index (χ4v) is 2.10. The molecule has 0 aliphatic heterocycles. The van der Waals surface area contributed by atoms with Gasteiger partial charge in [0, 0.05) is 17.8 Å². The van der Waals surface area contributed by atoms with E-state index >= 15 is 0 Å². The third kappa shape index (κ3) is 5.54. The molecule has 0 N–H and O–H groups in total. The number of hydrogen-bond donors (Lipinski definition) is 0. The van der Waals surface area contributed by atoms with Gasteiger partial charge in [0.25, 0.3) is 0 Å². The summed E-state index contributed by atoms with van der Waals surface area (Å²) in [5.74, 6) is 0. The summed E-state index contributed by atoms with van der Waals surface area (Å²) in [6, 6.07) is 0.199. The number of aromatic nitrogens is 2. The molecule has 7 heteroatoms. The molecule has 2 rings (SSSR count). The van der Waals surface area contributed by atoms with Gasteiger partial charge in [-0.1, -0.05) is 0 Å². The Morgan fingerprint density at radius 3 is 2.25 bits per heavy atom. The van der Waals surface area contributed by atoms with Crippen LogP contribution in [0.15, 0.2) is 12.4 Å². The van der Waals surface area contributed by atoms with E-state index in [0.717, 1.165) is 23.1 Å². The van der Waals surface area contributed by atoms with Crippen LogP contribution in [0, 0.1) is 0 Å². The van der Waals surface area contributed by atoms with Crippen molar-refractivity contribution in [1.82, 2.24) is 14.7 Å². The van der Waals surface area contributed by atoms with E-state index in [9.17, 15) is 9.59 Å².